The fourth-order valence-corrected chi connectivity index (χ4v) is 7.55. The molecule has 3 aromatic rings. The predicted molar refractivity (Wildman–Crippen MR) is 129 cm³/mol. The molecule has 0 amide bonds. The van der Waals surface area contributed by atoms with Crippen molar-refractivity contribution >= 4 is 72.8 Å². The summed E-state index contributed by atoms with van der Waals surface area (Å²) in [4.78, 5) is 42.8. The molecule has 0 aliphatic heterocycles. The van der Waals surface area contributed by atoms with Gasteiger partial charge >= 0.3 is 215 Å². The van der Waals surface area contributed by atoms with Gasteiger partial charge in [0.15, 0.2) is 0 Å². The molecule has 3 aromatic heterocycles. The summed E-state index contributed by atoms with van der Waals surface area (Å²) in [6, 6.07) is 6.79. The van der Waals surface area contributed by atoms with E-state index in [1.807, 2.05) is 26.0 Å². The number of carbonyl (C=O) groups excluding carboxylic acids is 3. The number of methoxy groups -OCH3 is 3. The van der Waals surface area contributed by atoms with E-state index in [1.54, 1.807) is 13.0 Å². The number of aryl methyl sites for hydroxylation is 3. The SMILES string of the molecule is COC(=O)c1cc(N)c(C)[se]1.COC(=O)c1cc([N+](=O)[O-])c(C)[se]1.COC(=O)c1ccc(C)[se]1. The van der Waals surface area contributed by atoms with E-state index in [0.717, 1.165) is 8.87 Å². The summed E-state index contributed by atoms with van der Waals surface area (Å²) in [6.45, 7) is 5.61. The van der Waals surface area contributed by atoms with Crippen molar-refractivity contribution in [2.24, 2.45) is 0 Å². The first-order valence-electron chi connectivity index (χ1n) is 9.37. The van der Waals surface area contributed by atoms with Gasteiger partial charge < -0.3 is 0 Å². The maximum absolute atomic E-state index is 11.0. The van der Waals surface area contributed by atoms with Crippen molar-refractivity contribution in [2.75, 3.05) is 27.1 Å². The van der Waals surface area contributed by atoms with E-state index in [9.17, 15) is 24.5 Å². The quantitative estimate of drug-likeness (QED) is 0.145. The summed E-state index contributed by atoms with van der Waals surface area (Å²) in [6.07, 6.45) is 0. The van der Waals surface area contributed by atoms with E-state index in [4.69, 9.17) is 5.73 Å². The fourth-order valence-electron chi connectivity index (χ4n) is 2.20. The van der Waals surface area contributed by atoms with Gasteiger partial charge in [-0.15, -0.1) is 0 Å². The predicted octanol–water partition coefficient (Wildman–Crippen LogP) is 2.01. The number of nitro groups is 1. The molecule has 0 radical (unpaired) electrons. The molecule has 0 atom stereocenters. The molecule has 0 aliphatic rings. The van der Waals surface area contributed by atoms with Crippen LogP contribution in [0, 0.1) is 30.9 Å². The van der Waals surface area contributed by atoms with E-state index in [0.29, 0.717) is 19.0 Å². The van der Waals surface area contributed by atoms with Crippen LogP contribution in [0.25, 0.3) is 0 Å². The second-order valence-electron chi connectivity index (χ2n) is 6.32. The van der Waals surface area contributed by atoms with Crippen LogP contribution in [-0.4, -0.2) is 87.7 Å². The number of carbonyl (C=O) groups is 3. The summed E-state index contributed by atoms with van der Waals surface area (Å²) in [7, 11) is 4.05. The minimum atomic E-state index is -0.479. The molecule has 184 valence electrons. The number of nitrogens with two attached hydrogens (primary N) is 1. The second-order valence-corrected chi connectivity index (χ2v) is 14.3. The molecule has 0 aliphatic carbocycles. The van der Waals surface area contributed by atoms with Crippen molar-refractivity contribution in [3.05, 3.63) is 61.0 Å². The number of nitrogens with zero attached hydrogens (tertiary/aromatic N) is 1. The van der Waals surface area contributed by atoms with Crippen molar-refractivity contribution in [1.82, 2.24) is 0 Å². The van der Waals surface area contributed by atoms with Crippen LogP contribution in [-0.2, 0) is 14.2 Å². The van der Waals surface area contributed by atoms with Crippen LogP contribution in [0.5, 0.6) is 0 Å². The molecular formula is C21H24N2O8Se3. The van der Waals surface area contributed by atoms with E-state index >= 15 is 0 Å². The maximum atomic E-state index is 11.0. The molecule has 0 saturated heterocycles. The third-order valence-electron chi connectivity index (χ3n) is 3.94. The molecule has 0 saturated carbocycles. The first-order chi connectivity index (χ1) is 15.9. The number of hydrogen-bond donors (Lipinski definition) is 1. The molecule has 2 N–H and O–H groups in total. The number of esters is 3. The molecule has 0 fully saturated rings. The van der Waals surface area contributed by atoms with Gasteiger partial charge in [-0.25, -0.2) is 0 Å². The van der Waals surface area contributed by atoms with Crippen molar-refractivity contribution in [3.63, 3.8) is 0 Å². The molecule has 3 heterocycles. The Hall–Kier alpha value is -2.39. The Morgan fingerprint density at radius 1 is 0.794 bits per heavy atom. The number of nitrogen functional groups attached to an aromatic ring is 1. The Kier molecular flexibility index (Phi) is 12.3. The molecule has 13 heteroatoms. The van der Waals surface area contributed by atoms with E-state index in [-0.39, 0.29) is 61.1 Å². The van der Waals surface area contributed by atoms with Crippen molar-refractivity contribution < 1.29 is 33.5 Å². The Morgan fingerprint density at radius 3 is 1.62 bits per heavy atom. The molecular weight excluding hydrogens is 645 g/mol. The fraction of sp³-hybridized carbons (Fsp3) is 0.286. The van der Waals surface area contributed by atoms with E-state index in [1.165, 1.54) is 31.8 Å². The zero-order valence-corrected chi connectivity index (χ0v) is 24.5. The third-order valence-corrected chi connectivity index (χ3v) is 10.3. The van der Waals surface area contributed by atoms with Gasteiger partial charge in [0.25, 0.3) is 0 Å². The number of rotatable bonds is 4. The van der Waals surface area contributed by atoms with Gasteiger partial charge in [-0.1, -0.05) is 0 Å². The summed E-state index contributed by atoms with van der Waals surface area (Å²) in [5.74, 6) is -0.922. The Morgan fingerprint density at radius 2 is 1.26 bits per heavy atom. The van der Waals surface area contributed by atoms with Gasteiger partial charge in [-0.2, -0.15) is 0 Å². The standard InChI is InChI=1S/C7H7NO4Se.C7H9NO2Se.C7H8O2Se/c1-4-5(8(10)11)3-6(13-4)7(9)12-2;1-4-5(8)3-6(11-4)7(9)10-2;1-5-3-4-6(10-5)7(8)9-2/h3H,1-2H3;3H,8H2,1-2H3;3-4H,1-2H3. The molecule has 0 spiro atoms. The summed E-state index contributed by atoms with van der Waals surface area (Å²) >= 11 is 0.0414. The summed E-state index contributed by atoms with van der Waals surface area (Å²) in [5.41, 5.74) is 6.31. The number of anilines is 1. The zero-order valence-electron chi connectivity index (χ0n) is 19.3. The Bertz CT molecular complexity index is 1140. The Balaban J connectivity index is 0.000000257. The van der Waals surface area contributed by atoms with Crippen molar-refractivity contribution in [3.8, 4) is 0 Å². The van der Waals surface area contributed by atoms with Crippen LogP contribution >= 0.6 is 0 Å². The average Bonchev–Trinajstić information content (AvgIpc) is 3.51. The average molecular weight is 669 g/mol. The van der Waals surface area contributed by atoms with Gasteiger partial charge in [0.1, 0.15) is 0 Å². The summed E-state index contributed by atoms with van der Waals surface area (Å²) in [5, 5.41) is 10.4. The summed E-state index contributed by atoms with van der Waals surface area (Å²) < 4.78 is 18.5. The molecule has 10 nitrogen and oxygen atoms in total. The van der Waals surface area contributed by atoms with Gasteiger partial charge in [0.2, 0.25) is 0 Å². The van der Waals surface area contributed by atoms with Crippen LogP contribution in [0.1, 0.15) is 41.0 Å². The van der Waals surface area contributed by atoms with Crippen LogP contribution in [0.4, 0.5) is 11.4 Å². The van der Waals surface area contributed by atoms with Crippen LogP contribution in [0.2, 0.25) is 0 Å². The van der Waals surface area contributed by atoms with Gasteiger partial charge in [0, 0.05) is 0 Å². The topological polar surface area (TPSA) is 148 Å². The van der Waals surface area contributed by atoms with E-state index < -0.39 is 10.9 Å². The van der Waals surface area contributed by atoms with Gasteiger partial charge in [-0.3, -0.25) is 0 Å². The van der Waals surface area contributed by atoms with Crippen LogP contribution in [0.3, 0.4) is 0 Å². The molecule has 0 aromatic carbocycles. The molecule has 0 unspecified atom stereocenters. The van der Waals surface area contributed by atoms with Crippen LogP contribution < -0.4 is 5.73 Å². The minimum absolute atomic E-state index is 0.0281. The molecule has 3 rings (SSSR count). The number of hydrogen-bond acceptors (Lipinski definition) is 9. The van der Waals surface area contributed by atoms with Crippen molar-refractivity contribution in [2.45, 2.75) is 20.8 Å². The van der Waals surface area contributed by atoms with Crippen molar-refractivity contribution in [1.29, 1.82) is 0 Å². The van der Waals surface area contributed by atoms with Crippen LogP contribution in [0.15, 0.2) is 24.3 Å². The van der Waals surface area contributed by atoms with Gasteiger partial charge in [0.05, 0.1) is 0 Å². The number of ether oxygens (including phenoxy) is 3. The first-order valence-corrected chi connectivity index (χ1v) is 14.5. The molecule has 0 bridgehead atoms. The van der Waals surface area contributed by atoms with E-state index in [2.05, 4.69) is 14.2 Å². The second kappa shape index (κ2) is 14.1. The normalized spacial score (nSPS) is 9.59. The van der Waals surface area contributed by atoms with Gasteiger partial charge in [-0.05, 0) is 0 Å². The molecule has 34 heavy (non-hydrogen) atoms. The first kappa shape index (κ1) is 29.6. The monoisotopic (exact) mass is 672 g/mol. The Labute approximate surface area is 214 Å². The third kappa shape index (κ3) is 8.76. The zero-order chi connectivity index (χ0) is 26.0.